The fourth-order valence-electron chi connectivity index (χ4n) is 1.42. The van der Waals surface area contributed by atoms with Gasteiger partial charge in [-0.2, -0.15) is 0 Å². The summed E-state index contributed by atoms with van der Waals surface area (Å²) in [6.07, 6.45) is -0.639. The number of hydrogen-bond acceptors (Lipinski definition) is 4. The van der Waals surface area contributed by atoms with Gasteiger partial charge in [-0.05, 0) is 20.8 Å². The zero-order chi connectivity index (χ0) is 14.8. The third kappa shape index (κ3) is 8.58. The quantitative estimate of drug-likeness (QED) is 0.418. The van der Waals surface area contributed by atoms with E-state index in [1.165, 1.54) is 4.90 Å². The minimum atomic E-state index is -0.639. The Balaban J connectivity index is 4.07. The monoisotopic (exact) mass is 274 g/mol. The van der Waals surface area contributed by atoms with E-state index in [0.29, 0.717) is 19.8 Å². The van der Waals surface area contributed by atoms with Gasteiger partial charge in [0.2, 0.25) is 0 Å². The lowest BCUT2D eigenvalue weighted by Crippen LogP contribution is -2.49. The van der Waals surface area contributed by atoms with Gasteiger partial charge < -0.3 is 25.2 Å². The van der Waals surface area contributed by atoms with Gasteiger partial charge in [-0.15, -0.1) is 0 Å². The lowest BCUT2D eigenvalue weighted by molar-refractivity contribution is 0.0917. The predicted octanol–water partition coefficient (Wildman–Crippen LogP) is 0.352. The largest absolute Gasteiger partial charge is 0.394 e. The van der Waals surface area contributed by atoms with Gasteiger partial charge in [-0.25, -0.2) is 4.79 Å². The minimum absolute atomic E-state index is 0.147. The standard InChI is InChI=1S/C13H26N2O4/c1-10(2)9-19-6-5-14-13(18)15(7-12(4)17)11(3)8-16/h11-12,16-17H,1,5-9H2,2-4H3,(H,14,18). The molecule has 0 aliphatic rings. The summed E-state index contributed by atoms with van der Waals surface area (Å²) in [5.74, 6) is 0. The molecule has 2 unspecified atom stereocenters. The average Bonchev–Trinajstić information content (AvgIpc) is 2.33. The number of carbonyl (C=O) groups excluding carboxylic acids is 1. The molecule has 0 bridgehead atoms. The summed E-state index contributed by atoms with van der Waals surface area (Å²) >= 11 is 0. The molecule has 6 heteroatoms. The lowest BCUT2D eigenvalue weighted by atomic mass is 10.2. The predicted molar refractivity (Wildman–Crippen MR) is 74.0 cm³/mol. The summed E-state index contributed by atoms with van der Waals surface area (Å²) in [5, 5.41) is 21.1. The zero-order valence-corrected chi connectivity index (χ0v) is 12.1. The lowest BCUT2D eigenvalue weighted by Gasteiger charge is -2.29. The van der Waals surface area contributed by atoms with Gasteiger partial charge in [0.25, 0.3) is 0 Å². The van der Waals surface area contributed by atoms with Crippen molar-refractivity contribution in [1.29, 1.82) is 0 Å². The molecule has 0 aromatic rings. The van der Waals surface area contributed by atoms with Gasteiger partial charge >= 0.3 is 6.03 Å². The number of amides is 2. The number of rotatable bonds is 9. The molecular formula is C13H26N2O4. The van der Waals surface area contributed by atoms with Crippen molar-refractivity contribution in [2.24, 2.45) is 0 Å². The molecule has 2 amide bonds. The van der Waals surface area contributed by atoms with Crippen molar-refractivity contribution in [3.8, 4) is 0 Å². The summed E-state index contributed by atoms with van der Waals surface area (Å²) in [7, 11) is 0. The fourth-order valence-corrected chi connectivity index (χ4v) is 1.42. The van der Waals surface area contributed by atoms with E-state index in [2.05, 4.69) is 11.9 Å². The Labute approximate surface area is 115 Å². The van der Waals surface area contributed by atoms with E-state index in [0.717, 1.165) is 5.57 Å². The summed E-state index contributed by atoms with van der Waals surface area (Å²) in [5.41, 5.74) is 0.927. The molecule has 0 aliphatic carbocycles. The molecule has 6 nitrogen and oxygen atoms in total. The van der Waals surface area contributed by atoms with E-state index >= 15 is 0 Å². The van der Waals surface area contributed by atoms with Crippen LogP contribution in [0.5, 0.6) is 0 Å². The number of nitrogens with zero attached hydrogens (tertiary/aromatic N) is 1. The van der Waals surface area contributed by atoms with Gasteiger partial charge in [0.05, 0.1) is 32.0 Å². The fraction of sp³-hybridized carbons (Fsp3) is 0.769. The molecule has 0 saturated heterocycles. The van der Waals surface area contributed by atoms with Gasteiger partial charge in [-0.3, -0.25) is 0 Å². The number of aliphatic hydroxyl groups is 2. The first kappa shape index (κ1) is 17.9. The molecule has 2 atom stereocenters. The normalized spacial score (nSPS) is 13.7. The number of nitrogens with one attached hydrogen (secondary N) is 1. The summed E-state index contributed by atoms with van der Waals surface area (Å²) in [4.78, 5) is 13.3. The Kier molecular flexibility index (Phi) is 9.20. The first-order valence-electron chi connectivity index (χ1n) is 6.44. The van der Waals surface area contributed by atoms with Crippen LogP contribution in [0.15, 0.2) is 12.2 Å². The van der Waals surface area contributed by atoms with Crippen LogP contribution in [0.1, 0.15) is 20.8 Å². The van der Waals surface area contributed by atoms with E-state index in [1.807, 2.05) is 6.92 Å². The molecular weight excluding hydrogens is 248 g/mol. The van der Waals surface area contributed by atoms with Crippen molar-refractivity contribution in [3.05, 3.63) is 12.2 Å². The van der Waals surface area contributed by atoms with Crippen LogP contribution in [0, 0.1) is 0 Å². The van der Waals surface area contributed by atoms with Crippen molar-refractivity contribution in [1.82, 2.24) is 10.2 Å². The topological polar surface area (TPSA) is 82.0 Å². The Bertz CT molecular complexity index is 282. The highest BCUT2D eigenvalue weighted by Gasteiger charge is 2.20. The molecule has 0 saturated carbocycles. The molecule has 0 radical (unpaired) electrons. The van der Waals surface area contributed by atoms with Crippen molar-refractivity contribution in [3.63, 3.8) is 0 Å². The zero-order valence-electron chi connectivity index (χ0n) is 12.1. The van der Waals surface area contributed by atoms with E-state index in [-0.39, 0.29) is 25.2 Å². The molecule has 0 rings (SSSR count). The van der Waals surface area contributed by atoms with Crippen molar-refractivity contribution >= 4 is 6.03 Å². The van der Waals surface area contributed by atoms with Crippen molar-refractivity contribution < 1.29 is 19.7 Å². The summed E-state index contributed by atoms with van der Waals surface area (Å²) in [6, 6.07) is -0.660. The first-order chi connectivity index (χ1) is 8.88. The third-order valence-electron chi connectivity index (χ3n) is 2.39. The van der Waals surface area contributed by atoms with E-state index in [4.69, 9.17) is 9.84 Å². The molecule has 0 aromatic heterocycles. The van der Waals surface area contributed by atoms with Crippen LogP contribution in [0.3, 0.4) is 0 Å². The van der Waals surface area contributed by atoms with Crippen molar-refractivity contribution in [2.75, 3.05) is 32.9 Å². The maximum atomic E-state index is 11.9. The highest BCUT2D eigenvalue weighted by molar-refractivity contribution is 5.74. The second kappa shape index (κ2) is 9.77. The number of urea groups is 1. The Morgan fingerprint density at radius 3 is 2.58 bits per heavy atom. The summed E-state index contributed by atoms with van der Waals surface area (Å²) in [6.45, 7) is 10.2. The first-order valence-corrected chi connectivity index (χ1v) is 6.44. The molecule has 0 aromatic carbocycles. The molecule has 112 valence electrons. The van der Waals surface area contributed by atoms with E-state index < -0.39 is 6.10 Å². The molecule has 0 fully saturated rings. The van der Waals surface area contributed by atoms with Crippen molar-refractivity contribution in [2.45, 2.75) is 32.9 Å². The molecule has 0 spiro atoms. The smallest absolute Gasteiger partial charge is 0.317 e. The molecule has 19 heavy (non-hydrogen) atoms. The Morgan fingerprint density at radius 1 is 1.47 bits per heavy atom. The molecule has 0 heterocycles. The maximum Gasteiger partial charge on any atom is 0.317 e. The SMILES string of the molecule is C=C(C)COCCNC(=O)N(CC(C)O)C(C)CO. The van der Waals surface area contributed by atoms with Crippen LogP contribution in [0.25, 0.3) is 0 Å². The number of ether oxygens (including phenoxy) is 1. The highest BCUT2D eigenvalue weighted by atomic mass is 16.5. The second-order valence-corrected chi connectivity index (χ2v) is 4.77. The van der Waals surface area contributed by atoms with Crippen LogP contribution in [0.2, 0.25) is 0 Å². The van der Waals surface area contributed by atoms with Crippen LogP contribution in [-0.4, -0.2) is 66.2 Å². The maximum absolute atomic E-state index is 11.9. The van der Waals surface area contributed by atoms with Crippen LogP contribution in [-0.2, 0) is 4.74 Å². The van der Waals surface area contributed by atoms with Crippen LogP contribution in [0.4, 0.5) is 4.79 Å². The minimum Gasteiger partial charge on any atom is -0.394 e. The van der Waals surface area contributed by atoms with Crippen LogP contribution < -0.4 is 5.32 Å². The number of hydrogen-bond donors (Lipinski definition) is 3. The second-order valence-electron chi connectivity index (χ2n) is 4.77. The Morgan fingerprint density at radius 2 is 2.11 bits per heavy atom. The van der Waals surface area contributed by atoms with Gasteiger partial charge in [-0.1, -0.05) is 12.2 Å². The van der Waals surface area contributed by atoms with Gasteiger partial charge in [0.1, 0.15) is 0 Å². The van der Waals surface area contributed by atoms with Gasteiger partial charge in [0.15, 0.2) is 0 Å². The number of carbonyl (C=O) groups is 1. The summed E-state index contributed by atoms with van der Waals surface area (Å²) < 4.78 is 5.26. The Hall–Kier alpha value is -1.11. The highest BCUT2D eigenvalue weighted by Crippen LogP contribution is 2.01. The van der Waals surface area contributed by atoms with E-state index in [1.54, 1.807) is 13.8 Å². The molecule has 3 N–H and O–H groups in total. The average molecular weight is 274 g/mol. The molecule has 0 aliphatic heterocycles. The third-order valence-corrected chi connectivity index (χ3v) is 2.39. The number of aliphatic hydroxyl groups excluding tert-OH is 2. The van der Waals surface area contributed by atoms with Gasteiger partial charge in [0, 0.05) is 13.1 Å². The van der Waals surface area contributed by atoms with E-state index in [9.17, 15) is 9.90 Å². The van der Waals surface area contributed by atoms with Crippen LogP contribution >= 0.6 is 0 Å².